The molecule has 0 spiro atoms. The molecule has 0 saturated carbocycles. The van der Waals surface area contributed by atoms with E-state index in [4.69, 9.17) is 14.5 Å². The van der Waals surface area contributed by atoms with Crippen molar-refractivity contribution in [2.24, 2.45) is 0 Å². The average Bonchev–Trinajstić information content (AvgIpc) is 2.26. The van der Waals surface area contributed by atoms with Gasteiger partial charge in [0.15, 0.2) is 8.32 Å². The SMILES string of the molecule is CC(C)(CB(O)O)[Si](C)(C)OCc1ccccc1. The van der Waals surface area contributed by atoms with Crippen molar-refractivity contribution in [3.63, 3.8) is 0 Å². The molecule has 0 aliphatic carbocycles. The molecule has 0 heterocycles. The van der Waals surface area contributed by atoms with E-state index in [1.54, 1.807) is 0 Å². The lowest BCUT2D eigenvalue weighted by Gasteiger charge is -2.39. The molecule has 0 aliphatic rings. The van der Waals surface area contributed by atoms with Crippen LogP contribution in [0.15, 0.2) is 30.3 Å². The molecule has 3 nitrogen and oxygen atoms in total. The second kappa shape index (κ2) is 6.02. The van der Waals surface area contributed by atoms with Crippen LogP contribution in [-0.4, -0.2) is 25.5 Å². The zero-order valence-electron chi connectivity index (χ0n) is 11.7. The highest BCUT2D eigenvalue weighted by Gasteiger charge is 2.43. The van der Waals surface area contributed by atoms with Crippen LogP contribution in [0, 0.1) is 0 Å². The molecule has 18 heavy (non-hydrogen) atoms. The van der Waals surface area contributed by atoms with E-state index >= 15 is 0 Å². The van der Waals surface area contributed by atoms with E-state index in [9.17, 15) is 0 Å². The smallest absolute Gasteiger partial charge is 0.427 e. The van der Waals surface area contributed by atoms with Crippen LogP contribution in [0.2, 0.25) is 24.5 Å². The number of benzene rings is 1. The minimum absolute atomic E-state index is 0.185. The molecule has 1 aromatic carbocycles. The van der Waals surface area contributed by atoms with Gasteiger partial charge in [-0.05, 0) is 30.0 Å². The first-order valence-electron chi connectivity index (χ1n) is 6.29. The number of rotatable bonds is 6. The summed E-state index contributed by atoms with van der Waals surface area (Å²) in [6, 6.07) is 10.1. The average molecular weight is 266 g/mol. The Labute approximate surface area is 111 Å². The van der Waals surface area contributed by atoms with E-state index in [0.29, 0.717) is 12.9 Å². The van der Waals surface area contributed by atoms with Crippen LogP contribution in [0.5, 0.6) is 0 Å². The molecule has 0 radical (unpaired) electrons. The van der Waals surface area contributed by atoms with Crippen molar-refractivity contribution in [3.8, 4) is 0 Å². The normalized spacial score (nSPS) is 12.6. The summed E-state index contributed by atoms with van der Waals surface area (Å²) in [5.41, 5.74) is 1.15. The molecule has 5 heteroatoms. The fourth-order valence-electron chi connectivity index (χ4n) is 1.74. The van der Waals surface area contributed by atoms with Gasteiger partial charge in [-0.25, -0.2) is 0 Å². The largest absolute Gasteiger partial charge is 0.451 e. The Balaban J connectivity index is 2.64. The molecule has 2 N–H and O–H groups in total. The summed E-state index contributed by atoms with van der Waals surface area (Å²) >= 11 is 0. The third kappa shape index (κ3) is 4.24. The Hall–Kier alpha value is -0.618. The van der Waals surface area contributed by atoms with Crippen molar-refractivity contribution in [2.45, 2.75) is 44.9 Å². The highest BCUT2D eigenvalue weighted by atomic mass is 28.4. The van der Waals surface area contributed by atoms with E-state index in [1.165, 1.54) is 0 Å². The van der Waals surface area contributed by atoms with Crippen LogP contribution < -0.4 is 0 Å². The van der Waals surface area contributed by atoms with Gasteiger partial charge in [-0.3, -0.25) is 0 Å². The summed E-state index contributed by atoms with van der Waals surface area (Å²) in [7, 11) is -3.27. The molecule has 0 saturated heterocycles. The van der Waals surface area contributed by atoms with Gasteiger partial charge in [-0.1, -0.05) is 44.2 Å². The zero-order valence-corrected chi connectivity index (χ0v) is 12.7. The van der Waals surface area contributed by atoms with Crippen LogP contribution in [0.25, 0.3) is 0 Å². The fourth-order valence-corrected chi connectivity index (χ4v) is 3.33. The van der Waals surface area contributed by atoms with Crippen molar-refractivity contribution in [2.75, 3.05) is 0 Å². The summed E-state index contributed by atoms with van der Waals surface area (Å²) in [5.74, 6) is 0. The highest BCUT2D eigenvalue weighted by Crippen LogP contribution is 2.42. The predicted octanol–water partition coefficient (Wildman–Crippen LogP) is 2.66. The monoisotopic (exact) mass is 266 g/mol. The van der Waals surface area contributed by atoms with Gasteiger partial charge in [0.05, 0.1) is 6.61 Å². The molecule has 0 atom stereocenters. The van der Waals surface area contributed by atoms with Crippen molar-refractivity contribution in [3.05, 3.63) is 35.9 Å². The van der Waals surface area contributed by atoms with Crippen LogP contribution in [0.4, 0.5) is 0 Å². The molecule has 0 fully saturated rings. The van der Waals surface area contributed by atoms with Crippen LogP contribution in [0.3, 0.4) is 0 Å². The van der Waals surface area contributed by atoms with E-state index in [-0.39, 0.29) is 5.04 Å². The van der Waals surface area contributed by atoms with E-state index in [0.717, 1.165) is 5.56 Å². The summed E-state index contributed by atoms with van der Waals surface area (Å²) in [4.78, 5) is 0. The van der Waals surface area contributed by atoms with Gasteiger partial charge in [-0.15, -0.1) is 0 Å². The molecule has 0 amide bonds. The minimum atomic E-state index is -2.00. The van der Waals surface area contributed by atoms with Gasteiger partial charge in [0.1, 0.15) is 0 Å². The maximum atomic E-state index is 9.16. The summed E-state index contributed by atoms with van der Waals surface area (Å²) < 4.78 is 6.10. The Bertz CT molecular complexity index is 366. The third-order valence-electron chi connectivity index (χ3n) is 3.77. The predicted molar refractivity (Wildman–Crippen MR) is 77.8 cm³/mol. The molecule has 0 unspecified atom stereocenters. The van der Waals surface area contributed by atoms with E-state index < -0.39 is 15.4 Å². The quantitative estimate of drug-likeness (QED) is 0.778. The van der Waals surface area contributed by atoms with Crippen LogP contribution >= 0.6 is 0 Å². The molecule has 100 valence electrons. The molecule has 0 aromatic heterocycles. The molecule has 1 rings (SSSR count). The van der Waals surface area contributed by atoms with Crippen molar-refractivity contribution in [1.29, 1.82) is 0 Å². The number of hydrogen-bond acceptors (Lipinski definition) is 3. The van der Waals surface area contributed by atoms with Crippen molar-refractivity contribution < 1.29 is 14.5 Å². The standard InChI is InChI=1S/C13H23BO3Si/c1-13(2,11-14(15)16)18(3,4)17-10-12-8-6-5-7-9-12/h5-9,15-16H,10-11H2,1-4H3. The highest BCUT2D eigenvalue weighted by molar-refractivity contribution is 6.75. The molecule has 0 bridgehead atoms. The van der Waals surface area contributed by atoms with Gasteiger partial charge in [0.25, 0.3) is 0 Å². The topological polar surface area (TPSA) is 49.7 Å². The lowest BCUT2D eigenvalue weighted by atomic mass is 9.79. The van der Waals surface area contributed by atoms with Gasteiger partial charge in [0, 0.05) is 0 Å². The van der Waals surface area contributed by atoms with Crippen molar-refractivity contribution >= 4 is 15.4 Å². The van der Waals surface area contributed by atoms with Gasteiger partial charge >= 0.3 is 7.12 Å². The Morgan fingerprint density at radius 1 is 1.17 bits per heavy atom. The summed E-state index contributed by atoms with van der Waals surface area (Å²) in [6.45, 7) is 8.93. The van der Waals surface area contributed by atoms with E-state index in [1.807, 2.05) is 44.2 Å². The Kier molecular flexibility index (Phi) is 5.16. The van der Waals surface area contributed by atoms with Gasteiger partial charge < -0.3 is 14.5 Å². The maximum Gasteiger partial charge on any atom is 0.451 e. The van der Waals surface area contributed by atoms with Crippen molar-refractivity contribution in [1.82, 2.24) is 0 Å². The summed E-state index contributed by atoms with van der Waals surface area (Å²) in [5, 5.41) is 18.1. The second-order valence-corrected chi connectivity index (χ2v) is 10.5. The molecular weight excluding hydrogens is 243 g/mol. The summed E-state index contributed by atoms with van der Waals surface area (Å²) in [6.07, 6.45) is 0.348. The lowest BCUT2D eigenvalue weighted by Crippen LogP contribution is -2.44. The maximum absolute atomic E-state index is 9.16. The third-order valence-corrected chi connectivity index (χ3v) is 8.10. The molecule has 1 aromatic rings. The van der Waals surface area contributed by atoms with Crippen LogP contribution in [-0.2, 0) is 11.0 Å². The van der Waals surface area contributed by atoms with E-state index in [2.05, 4.69) is 13.1 Å². The lowest BCUT2D eigenvalue weighted by molar-refractivity contribution is 0.272. The molecule has 0 aliphatic heterocycles. The fraction of sp³-hybridized carbons (Fsp3) is 0.538. The Morgan fingerprint density at radius 3 is 2.22 bits per heavy atom. The first kappa shape index (κ1) is 15.4. The first-order valence-corrected chi connectivity index (χ1v) is 9.19. The molecular formula is C13H23BO3Si. The second-order valence-electron chi connectivity index (χ2n) is 5.85. The van der Waals surface area contributed by atoms with Crippen LogP contribution in [0.1, 0.15) is 19.4 Å². The first-order chi connectivity index (χ1) is 8.24. The zero-order chi connectivity index (χ0) is 13.8. The minimum Gasteiger partial charge on any atom is -0.427 e. The van der Waals surface area contributed by atoms with Gasteiger partial charge in [-0.2, -0.15) is 0 Å². The number of hydrogen-bond donors (Lipinski definition) is 2. The Morgan fingerprint density at radius 2 is 1.72 bits per heavy atom. The van der Waals surface area contributed by atoms with Gasteiger partial charge in [0.2, 0.25) is 0 Å².